The number of nitrogens with two attached hydrogens (primary N) is 1. The molecule has 0 spiro atoms. The second-order valence-corrected chi connectivity index (χ2v) is 6.20. The first-order chi connectivity index (χ1) is 10.2. The average molecular weight is 285 g/mol. The number of carbonyl (C=O) groups excluding carboxylic acids is 1. The van der Waals surface area contributed by atoms with Gasteiger partial charge in [-0.05, 0) is 48.4 Å². The maximum atomic E-state index is 11.1. The number of rotatable bonds is 3. The molecule has 21 heavy (non-hydrogen) atoms. The Labute approximate surface area is 122 Å². The topological polar surface area (TPSA) is 80.1 Å². The van der Waals surface area contributed by atoms with Crippen LogP contribution in [-0.4, -0.2) is 29.8 Å². The normalized spacial score (nSPS) is 28.2. The van der Waals surface area contributed by atoms with E-state index in [0.29, 0.717) is 18.6 Å². The van der Waals surface area contributed by atoms with E-state index in [-0.39, 0.29) is 12.1 Å². The molecule has 0 bridgehead atoms. The summed E-state index contributed by atoms with van der Waals surface area (Å²) in [6.07, 6.45) is 4.75. The average Bonchev–Trinajstić information content (AvgIpc) is 3.01. The highest BCUT2D eigenvalue weighted by atomic mass is 16.6. The maximum absolute atomic E-state index is 11.1. The van der Waals surface area contributed by atoms with Gasteiger partial charge in [-0.15, -0.1) is 0 Å². The van der Waals surface area contributed by atoms with Gasteiger partial charge in [0.2, 0.25) is 0 Å². The Bertz CT molecular complexity index is 688. The number of carbonyl (C=O) groups is 1. The Kier molecular flexibility index (Phi) is 2.89. The van der Waals surface area contributed by atoms with Crippen LogP contribution in [0.3, 0.4) is 0 Å². The Hall–Kier alpha value is -2.01. The molecule has 110 valence electrons. The van der Waals surface area contributed by atoms with Crippen molar-refractivity contribution < 1.29 is 9.53 Å². The van der Waals surface area contributed by atoms with Crippen LogP contribution in [0.25, 0.3) is 10.9 Å². The van der Waals surface area contributed by atoms with Crippen LogP contribution in [0.2, 0.25) is 0 Å². The number of fused-ring (bicyclic) bond motifs is 1. The maximum Gasteiger partial charge on any atom is 0.407 e. The summed E-state index contributed by atoms with van der Waals surface area (Å²) in [5, 5.41) is 4.11. The lowest BCUT2D eigenvalue weighted by Crippen LogP contribution is -2.34. The number of ether oxygens (including phenoxy) is 1. The summed E-state index contributed by atoms with van der Waals surface area (Å²) >= 11 is 0. The van der Waals surface area contributed by atoms with Gasteiger partial charge >= 0.3 is 6.09 Å². The SMILES string of the molecule is NC1CC(c2c[nH]c3ccc(C[C@H]4COC(=O)N4)cc23)C1. The molecule has 1 saturated carbocycles. The second-order valence-electron chi connectivity index (χ2n) is 6.20. The van der Waals surface area contributed by atoms with Crippen molar-refractivity contribution in [1.29, 1.82) is 0 Å². The van der Waals surface area contributed by atoms with E-state index in [1.165, 1.54) is 22.0 Å². The van der Waals surface area contributed by atoms with Crippen LogP contribution in [-0.2, 0) is 11.2 Å². The van der Waals surface area contributed by atoms with Crippen molar-refractivity contribution in [2.75, 3.05) is 6.61 Å². The molecule has 2 aromatic rings. The van der Waals surface area contributed by atoms with E-state index in [1.54, 1.807) is 0 Å². The lowest BCUT2D eigenvalue weighted by molar-refractivity contribution is 0.177. The molecule has 5 heteroatoms. The Morgan fingerprint density at radius 2 is 2.19 bits per heavy atom. The van der Waals surface area contributed by atoms with E-state index >= 15 is 0 Å². The number of aromatic nitrogens is 1. The van der Waals surface area contributed by atoms with E-state index in [4.69, 9.17) is 10.5 Å². The zero-order valence-electron chi connectivity index (χ0n) is 11.8. The number of hydrogen-bond acceptors (Lipinski definition) is 3. The van der Waals surface area contributed by atoms with Crippen molar-refractivity contribution in [3.8, 4) is 0 Å². The van der Waals surface area contributed by atoms with Gasteiger partial charge in [0.05, 0.1) is 6.04 Å². The highest BCUT2D eigenvalue weighted by molar-refractivity contribution is 5.84. The molecule has 1 aliphatic carbocycles. The molecule has 1 saturated heterocycles. The van der Waals surface area contributed by atoms with E-state index in [0.717, 1.165) is 19.3 Å². The van der Waals surface area contributed by atoms with E-state index < -0.39 is 0 Å². The molecule has 5 nitrogen and oxygen atoms in total. The monoisotopic (exact) mass is 285 g/mol. The largest absolute Gasteiger partial charge is 0.447 e. The standard InChI is InChI=1S/C16H19N3O2/c17-11-5-10(6-11)14-7-18-15-2-1-9(4-13(14)15)3-12-8-21-16(20)19-12/h1-2,4,7,10-12,18H,3,5-6,8,17H2,(H,19,20)/t10?,11?,12-/m0/s1. The lowest BCUT2D eigenvalue weighted by atomic mass is 9.76. The predicted molar refractivity (Wildman–Crippen MR) is 80.2 cm³/mol. The minimum absolute atomic E-state index is 0.0782. The fourth-order valence-corrected chi connectivity index (χ4v) is 3.39. The van der Waals surface area contributed by atoms with Gasteiger partial charge in [-0.1, -0.05) is 6.07 Å². The summed E-state index contributed by atoms with van der Waals surface area (Å²) in [6, 6.07) is 6.89. The van der Waals surface area contributed by atoms with Crippen LogP contribution >= 0.6 is 0 Å². The number of hydrogen-bond donors (Lipinski definition) is 3. The molecule has 1 amide bonds. The van der Waals surface area contributed by atoms with Crippen LogP contribution in [0, 0.1) is 0 Å². The van der Waals surface area contributed by atoms with Gasteiger partial charge < -0.3 is 20.8 Å². The van der Waals surface area contributed by atoms with Crippen molar-refractivity contribution in [2.24, 2.45) is 5.73 Å². The summed E-state index contributed by atoms with van der Waals surface area (Å²) in [4.78, 5) is 14.4. The van der Waals surface area contributed by atoms with Gasteiger partial charge in [-0.2, -0.15) is 0 Å². The molecule has 1 aromatic carbocycles. The molecular weight excluding hydrogens is 266 g/mol. The van der Waals surface area contributed by atoms with Crippen LogP contribution < -0.4 is 11.1 Å². The molecule has 1 aliphatic heterocycles. The van der Waals surface area contributed by atoms with Crippen LogP contribution in [0.4, 0.5) is 4.79 Å². The molecule has 0 unspecified atom stereocenters. The first-order valence-corrected chi connectivity index (χ1v) is 7.48. The minimum Gasteiger partial charge on any atom is -0.447 e. The summed E-state index contributed by atoms with van der Waals surface area (Å²) in [6.45, 7) is 0.453. The van der Waals surface area contributed by atoms with Crippen molar-refractivity contribution in [2.45, 2.75) is 37.3 Å². The van der Waals surface area contributed by atoms with Gasteiger partial charge in [0.15, 0.2) is 0 Å². The number of nitrogens with one attached hydrogen (secondary N) is 2. The van der Waals surface area contributed by atoms with Crippen LogP contribution in [0.5, 0.6) is 0 Å². The lowest BCUT2D eigenvalue weighted by Gasteiger charge is -2.32. The molecule has 1 aromatic heterocycles. The fraction of sp³-hybridized carbons (Fsp3) is 0.438. The molecule has 1 atom stereocenters. The van der Waals surface area contributed by atoms with Gasteiger partial charge in [0.1, 0.15) is 6.61 Å². The van der Waals surface area contributed by atoms with Gasteiger partial charge in [-0.25, -0.2) is 4.79 Å². The number of benzene rings is 1. The van der Waals surface area contributed by atoms with Crippen molar-refractivity contribution in [3.63, 3.8) is 0 Å². The third kappa shape index (κ3) is 2.27. The Morgan fingerprint density at radius 1 is 1.33 bits per heavy atom. The third-order valence-electron chi connectivity index (χ3n) is 4.61. The van der Waals surface area contributed by atoms with E-state index in [1.807, 2.05) is 0 Å². The first-order valence-electron chi connectivity index (χ1n) is 7.48. The van der Waals surface area contributed by atoms with Crippen molar-refractivity contribution >= 4 is 17.0 Å². The van der Waals surface area contributed by atoms with E-state index in [9.17, 15) is 4.79 Å². The zero-order valence-corrected chi connectivity index (χ0v) is 11.8. The minimum atomic E-state index is -0.313. The van der Waals surface area contributed by atoms with Crippen LogP contribution in [0.15, 0.2) is 24.4 Å². The zero-order chi connectivity index (χ0) is 14.4. The molecule has 2 heterocycles. The quantitative estimate of drug-likeness (QED) is 0.807. The summed E-state index contributed by atoms with van der Waals surface area (Å²) in [5.41, 5.74) is 9.67. The fourth-order valence-electron chi connectivity index (χ4n) is 3.39. The summed E-state index contributed by atoms with van der Waals surface area (Å²) in [5.74, 6) is 0.582. The summed E-state index contributed by atoms with van der Waals surface area (Å²) < 4.78 is 4.94. The number of H-pyrrole nitrogens is 1. The van der Waals surface area contributed by atoms with Gasteiger partial charge in [0, 0.05) is 23.1 Å². The number of aromatic amines is 1. The van der Waals surface area contributed by atoms with E-state index in [2.05, 4.69) is 34.7 Å². The highest BCUT2D eigenvalue weighted by Crippen LogP contribution is 2.39. The molecular formula is C16H19N3O2. The molecule has 0 radical (unpaired) electrons. The molecule has 4 N–H and O–H groups in total. The van der Waals surface area contributed by atoms with Crippen LogP contribution in [0.1, 0.15) is 29.9 Å². The predicted octanol–water partition coefficient (Wildman–Crippen LogP) is 2.02. The molecule has 2 aliphatic rings. The van der Waals surface area contributed by atoms with Gasteiger partial charge in [0.25, 0.3) is 0 Å². The number of amides is 1. The third-order valence-corrected chi connectivity index (χ3v) is 4.61. The first kappa shape index (κ1) is 12.7. The Balaban J connectivity index is 1.59. The second kappa shape index (κ2) is 4.77. The van der Waals surface area contributed by atoms with Crippen molar-refractivity contribution in [1.82, 2.24) is 10.3 Å². The Morgan fingerprint density at radius 3 is 2.90 bits per heavy atom. The smallest absolute Gasteiger partial charge is 0.407 e. The van der Waals surface area contributed by atoms with Gasteiger partial charge in [-0.3, -0.25) is 0 Å². The molecule has 4 rings (SSSR count). The number of cyclic esters (lactones) is 1. The molecule has 2 fully saturated rings. The summed E-state index contributed by atoms with van der Waals surface area (Å²) in [7, 11) is 0. The number of alkyl carbamates (subject to hydrolysis) is 1. The van der Waals surface area contributed by atoms with Crippen molar-refractivity contribution in [3.05, 3.63) is 35.5 Å². The highest BCUT2D eigenvalue weighted by Gasteiger charge is 2.29.